The highest BCUT2D eigenvalue weighted by Crippen LogP contribution is 2.28. The van der Waals surface area contributed by atoms with Gasteiger partial charge in [0.15, 0.2) is 12.2 Å². The van der Waals surface area contributed by atoms with Crippen molar-refractivity contribution in [2.24, 2.45) is 5.92 Å². The summed E-state index contributed by atoms with van der Waals surface area (Å²) in [6.45, 7) is 9.73. The second-order valence-corrected chi connectivity index (χ2v) is 9.70. The topological polar surface area (TPSA) is 113 Å². The third-order valence-electron chi connectivity index (χ3n) is 6.54. The largest absolute Gasteiger partial charge is 0.443 e. The van der Waals surface area contributed by atoms with Crippen LogP contribution in [0.2, 0.25) is 0 Å². The lowest BCUT2D eigenvalue weighted by atomic mass is 10.0. The number of carbonyl (C=O) groups excluding carboxylic acids is 2. The number of likely N-dealkylation sites (tertiary alicyclic amines) is 1. The molecule has 1 saturated heterocycles. The third kappa shape index (κ3) is 5.14. The second-order valence-electron chi connectivity index (χ2n) is 9.70. The van der Waals surface area contributed by atoms with E-state index in [0.717, 1.165) is 28.1 Å². The zero-order valence-electron chi connectivity index (χ0n) is 20.8. The molecule has 1 fully saturated rings. The number of nitrogens with zero attached hydrogens (tertiary/aromatic N) is 4. The number of aliphatic hydroxyl groups is 1. The zero-order chi connectivity index (χ0) is 25.3. The maximum absolute atomic E-state index is 13.6. The lowest BCUT2D eigenvalue weighted by molar-refractivity contribution is -0.142. The van der Waals surface area contributed by atoms with E-state index in [4.69, 9.17) is 4.42 Å². The Labute approximate surface area is 205 Å². The van der Waals surface area contributed by atoms with Gasteiger partial charge >= 0.3 is 0 Å². The van der Waals surface area contributed by atoms with E-state index in [2.05, 4.69) is 15.4 Å². The fraction of sp³-hybridized carbons (Fsp3) is 0.462. The van der Waals surface area contributed by atoms with Gasteiger partial charge in [-0.25, -0.2) is 4.98 Å². The minimum atomic E-state index is -0.749. The van der Waals surface area contributed by atoms with Crippen molar-refractivity contribution in [1.29, 1.82) is 0 Å². The Balaban J connectivity index is 1.47. The summed E-state index contributed by atoms with van der Waals surface area (Å²) in [6, 6.07) is 6.16. The van der Waals surface area contributed by atoms with E-state index < -0.39 is 18.2 Å². The van der Waals surface area contributed by atoms with Gasteiger partial charge in [-0.2, -0.15) is 5.10 Å². The van der Waals surface area contributed by atoms with Crippen LogP contribution in [0.5, 0.6) is 0 Å². The molecule has 1 aliphatic rings. The number of hydrogen-bond acceptors (Lipinski definition) is 6. The Bertz CT molecular complexity index is 1180. The maximum atomic E-state index is 13.6. The van der Waals surface area contributed by atoms with Crippen molar-refractivity contribution in [3.63, 3.8) is 0 Å². The molecule has 186 valence electrons. The molecule has 0 saturated carbocycles. The Kier molecular flexibility index (Phi) is 7.07. The molecule has 1 aromatic carbocycles. The molecule has 0 aliphatic carbocycles. The molecule has 2 N–H and O–H groups in total. The predicted octanol–water partition coefficient (Wildman–Crippen LogP) is 3.19. The molecular weight excluding hydrogens is 446 g/mol. The lowest BCUT2D eigenvalue weighted by Gasteiger charge is -2.30. The van der Waals surface area contributed by atoms with Crippen LogP contribution in [0, 0.1) is 19.8 Å². The highest BCUT2D eigenvalue weighted by atomic mass is 16.3. The lowest BCUT2D eigenvalue weighted by Crippen LogP contribution is -2.49. The smallest absolute Gasteiger partial charge is 0.248 e. The predicted molar refractivity (Wildman–Crippen MR) is 130 cm³/mol. The molecule has 4 rings (SSSR count). The Hall–Kier alpha value is -3.46. The van der Waals surface area contributed by atoms with Crippen molar-refractivity contribution < 1.29 is 19.1 Å². The number of aliphatic hydroxyl groups excluding tert-OH is 1. The highest BCUT2D eigenvalue weighted by Gasteiger charge is 2.42. The average molecular weight is 480 g/mol. The molecule has 4 atom stereocenters. The van der Waals surface area contributed by atoms with Gasteiger partial charge in [-0.05, 0) is 37.8 Å². The number of aryl methyl sites for hydroxylation is 2. The first kappa shape index (κ1) is 24.7. The van der Waals surface area contributed by atoms with Gasteiger partial charge in [0.05, 0.1) is 24.0 Å². The van der Waals surface area contributed by atoms with Gasteiger partial charge < -0.3 is 19.7 Å². The van der Waals surface area contributed by atoms with Crippen molar-refractivity contribution in [3.8, 4) is 11.3 Å². The highest BCUT2D eigenvalue weighted by molar-refractivity contribution is 5.90. The molecule has 9 heteroatoms. The number of amides is 2. The molecular formula is C26H33N5O4. The molecule has 1 aliphatic heterocycles. The van der Waals surface area contributed by atoms with Gasteiger partial charge in [-0.15, -0.1) is 0 Å². The number of benzene rings is 1. The SMILES string of the molecule is Cc1cnn(C(C(=O)N2CC(O)CC2C(=O)NC(C)c2ccc(-c3ocnc3C)cc2)C(C)C)c1. The molecule has 4 unspecified atom stereocenters. The van der Waals surface area contributed by atoms with E-state index in [9.17, 15) is 14.7 Å². The van der Waals surface area contributed by atoms with Crippen LogP contribution in [0.4, 0.5) is 0 Å². The van der Waals surface area contributed by atoms with Crippen LogP contribution in [-0.2, 0) is 9.59 Å². The quantitative estimate of drug-likeness (QED) is 0.538. The van der Waals surface area contributed by atoms with Gasteiger partial charge in [-0.3, -0.25) is 14.3 Å². The molecule has 3 aromatic rings. The van der Waals surface area contributed by atoms with Gasteiger partial charge in [-0.1, -0.05) is 38.1 Å². The molecule has 9 nitrogen and oxygen atoms in total. The summed E-state index contributed by atoms with van der Waals surface area (Å²) >= 11 is 0. The maximum Gasteiger partial charge on any atom is 0.248 e. The van der Waals surface area contributed by atoms with Crippen molar-refractivity contribution in [2.75, 3.05) is 6.54 Å². The summed E-state index contributed by atoms with van der Waals surface area (Å²) in [6.07, 6.45) is 4.42. The van der Waals surface area contributed by atoms with E-state index in [-0.39, 0.29) is 36.7 Å². The number of carbonyl (C=O) groups is 2. The summed E-state index contributed by atoms with van der Waals surface area (Å²) < 4.78 is 7.10. The van der Waals surface area contributed by atoms with Crippen LogP contribution in [-0.4, -0.2) is 55.3 Å². The van der Waals surface area contributed by atoms with Crippen LogP contribution in [0.1, 0.15) is 56.1 Å². The van der Waals surface area contributed by atoms with Crippen LogP contribution in [0.3, 0.4) is 0 Å². The summed E-state index contributed by atoms with van der Waals surface area (Å²) in [7, 11) is 0. The Morgan fingerprint density at radius 2 is 1.89 bits per heavy atom. The van der Waals surface area contributed by atoms with E-state index in [1.807, 2.05) is 65.1 Å². The van der Waals surface area contributed by atoms with Crippen LogP contribution in [0.15, 0.2) is 47.5 Å². The fourth-order valence-corrected chi connectivity index (χ4v) is 4.66. The van der Waals surface area contributed by atoms with Gasteiger partial charge in [0.1, 0.15) is 12.1 Å². The third-order valence-corrected chi connectivity index (χ3v) is 6.54. The minimum Gasteiger partial charge on any atom is -0.443 e. The van der Waals surface area contributed by atoms with E-state index >= 15 is 0 Å². The molecule has 0 bridgehead atoms. The minimum absolute atomic E-state index is 0.0336. The summed E-state index contributed by atoms with van der Waals surface area (Å²) in [4.78, 5) is 32.4. The summed E-state index contributed by atoms with van der Waals surface area (Å²) in [5.41, 5.74) is 3.60. The van der Waals surface area contributed by atoms with Gasteiger partial charge in [0.2, 0.25) is 11.8 Å². The fourth-order valence-electron chi connectivity index (χ4n) is 4.66. The van der Waals surface area contributed by atoms with Crippen molar-refractivity contribution in [1.82, 2.24) is 25.0 Å². The van der Waals surface area contributed by atoms with Crippen molar-refractivity contribution in [3.05, 3.63) is 59.9 Å². The number of hydrogen-bond donors (Lipinski definition) is 2. The van der Waals surface area contributed by atoms with Crippen molar-refractivity contribution >= 4 is 11.8 Å². The molecule has 0 radical (unpaired) electrons. The van der Waals surface area contributed by atoms with Crippen LogP contribution >= 0.6 is 0 Å². The molecule has 0 spiro atoms. The summed E-state index contributed by atoms with van der Waals surface area (Å²) in [5.74, 6) is 0.194. The van der Waals surface area contributed by atoms with E-state index in [0.29, 0.717) is 0 Å². The first-order valence-corrected chi connectivity index (χ1v) is 12.0. The number of aromatic nitrogens is 3. The second kappa shape index (κ2) is 10.0. The summed E-state index contributed by atoms with van der Waals surface area (Å²) in [5, 5.41) is 17.7. The van der Waals surface area contributed by atoms with Gasteiger partial charge in [0, 0.05) is 24.7 Å². The standard InChI is InChI=1S/C26H33N5O4/c1-15(2)23(31-12-16(3)11-28-31)26(34)30-13-21(32)10-22(30)25(33)29-17(4)19-6-8-20(9-7-19)24-18(5)27-14-35-24/h6-9,11-12,14-15,17,21-23,32H,10,13H2,1-5H3,(H,29,33). The molecule has 2 amide bonds. The van der Waals surface area contributed by atoms with Crippen LogP contribution < -0.4 is 5.32 Å². The monoisotopic (exact) mass is 479 g/mol. The first-order valence-electron chi connectivity index (χ1n) is 12.0. The molecule has 3 heterocycles. The average Bonchev–Trinajstić information content (AvgIpc) is 3.53. The number of β-amino-alcohol motifs (C(OH)–C–C–N with tert-alkyl or cyclic N) is 1. The number of oxazole rings is 1. The van der Waals surface area contributed by atoms with Gasteiger partial charge in [0.25, 0.3) is 0 Å². The van der Waals surface area contributed by atoms with E-state index in [1.165, 1.54) is 11.3 Å². The molecule has 2 aromatic heterocycles. The van der Waals surface area contributed by atoms with E-state index in [1.54, 1.807) is 10.9 Å². The Morgan fingerprint density at radius 1 is 1.17 bits per heavy atom. The normalized spacial score (nSPS) is 19.7. The number of rotatable bonds is 7. The first-order chi connectivity index (χ1) is 16.7. The molecule has 35 heavy (non-hydrogen) atoms. The number of nitrogens with one attached hydrogen (secondary N) is 1. The van der Waals surface area contributed by atoms with Crippen LogP contribution in [0.25, 0.3) is 11.3 Å². The van der Waals surface area contributed by atoms with Crippen molar-refractivity contribution in [2.45, 2.75) is 65.3 Å². The zero-order valence-corrected chi connectivity index (χ0v) is 20.8. The Morgan fingerprint density at radius 3 is 2.46 bits per heavy atom.